The number of anilines is 1. The van der Waals surface area contributed by atoms with Crippen LogP contribution in [-0.4, -0.2) is 13.1 Å². The average Bonchev–Trinajstić information content (AvgIpc) is 3.10. The summed E-state index contributed by atoms with van der Waals surface area (Å²) in [5.41, 5.74) is 1.69. The monoisotopic (exact) mass is 234 g/mol. The minimum Gasteiger partial charge on any atom is -0.370 e. The Hall–Kier alpha value is -1.20. The van der Waals surface area contributed by atoms with Crippen LogP contribution in [0.1, 0.15) is 25.3 Å². The summed E-state index contributed by atoms with van der Waals surface area (Å²) in [6, 6.07) is 7.77. The molecule has 1 aliphatic rings. The molecule has 0 N–H and O–H groups in total. The highest BCUT2D eigenvalue weighted by Gasteiger charge is 2.24. The molecule has 1 aromatic carbocycles. The van der Waals surface area contributed by atoms with Crippen LogP contribution in [0.15, 0.2) is 18.2 Å². The minimum atomic E-state index is 0.628. The predicted molar refractivity (Wildman–Crippen MR) is 66.8 cm³/mol. The lowest BCUT2D eigenvalue weighted by Crippen LogP contribution is -2.25. The average molecular weight is 235 g/mol. The molecule has 1 aliphatic carbocycles. The van der Waals surface area contributed by atoms with Crippen LogP contribution in [0.3, 0.4) is 0 Å². The van der Waals surface area contributed by atoms with Crippen molar-refractivity contribution in [3.05, 3.63) is 28.8 Å². The summed E-state index contributed by atoms with van der Waals surface area (Å²) in [7, 11) is 0. The number of hydrogen-bond donors (Lipinski definition) is 0. The first-order chi connectivity index (χ1) is 7.74. The summed E-state index contributed by atoms with van der Waals surface area (Å²) in [5, 5.41) is 9.73. The van der Waals surface area contributed by atoms with Crippen molar-refractivity contribution in [1.29, 1.82) is 5.26 Å². The van der Waals surface area contributed by atoms with Gasteiger partial charge in [0.1, 0.15) is 6.07 Å². The highest BCUT2D eigenvalue weighted by Crippen LogP contribution is 2.32. The van der Waals surface area contributed by atoms with Gasteiger partial charge < -0.3 is 4.90 Å². The molecular formula is C13H15ClN2. The number of nitriles is 1. The van der Waals surface area contributed by atoms with Crippen molar-refractivity contribution in [2.24, 2.45) is 5.92 Å². The number of halogens is 1. The smallest absolute Gasteiger partial charge is 0.101 e. The highest BCUT2D eigenvalue weighted by atomic mass is 35.5. The highest BCUT2D eigenvalue weighted by molar-refractivity contribution is 6.30. The van der Waals surface area contributed by atoms with Gasteiger partial charge in [-0.3, -0.25) is 0 Å². The van der Waals surface area contributed by atoms with E-state index in [-0.39, 0.29) is 0 Å². The maximum Gasteiger partial charge on any atom is 0.101 e. The summed E-state index contributed by atoms with van der Waals surface area (Å²) < 4.78 is 0. The molecule has 0 aliphatic heterocycles. The van der Waals surface area contributed by atoms with Crippen molar-refractivity contribution in [2.75, 3.05) is 18.0 Å². The van der Waals surface area contributed by atoms with Crippen LogP contribution in [0.5, 0.6) is 0 Å². The fourth-order valence-corrected chi connectivity index (χ4v) is 2.06. The van der Waals surface area contributed by atoms with Gasteiger partial charge in [0.25, 0.3) is 0 Å². The lowest BCUT2D eigenvalue weighted by Gasteiger charge is -2.24. The van der Waals surface area contributed by atoms with Gasteiger partial charge in [-0.1, -0.05) is 11.6 Å². The van der Waals surface area contributed by atoms with Crippen LogP contribution < -0.4 is 4.90 Å². The first-order valence-electron chi connectivity index (χ1n) is 5.69. The number of nitrogens with zero attached hydrogens (tertiary/aromatic N) is 2. The third kappa shape index (κ3) is 2.48. The van der Waals surface area contributed by atoms with E-state index in [4.69, 9.17) is 16.9 Å². The SMILES string of the molecule is CCN(CC1CC1)c1ccc(Cl)cc1C#N. The van der Waals surface area contributed by atoms with Crippen LogP contribution in [0.4, 0.5) is 5.69 Å². The van der Waals surface area contributed by atoms with E-state index in [2.05, 4.69) is 17.9 Å². The molecule has 1 aromatic rings. The van der Waals surface area contributed by atoms with E-state index >= 15 is 0 Å². The molecule has 0 heterocycles. The van der Waals surface area contributed by atoms with Gasteiger partial charge in [0.15, 0.2) is 0 Å². The van der Waals surface area contributed by atoms with E-state index in [1.807, 2.05) is 12.1 Å². The van der Waals surface area contributed by atoms with Crippen molar-refractivity contribution in [3.63, 3.8) is 0 Å². The topological polar surface area (TPSA) is 27.0 Å². The van der Waals surface area contributed by atoms with Gasteiger partial charge in [-0.2, -0.15) is 5.26 Å². The van der Waals surface area contributed by atoms with Crippen LogP contribution >= 0.6 is 11.6 Å². The molecule has 2 rings (SSSR count). The molecule has 0 spiro atoms. The Labute approximate surface area is 101 Å². The second-order valence-electron chi connectivity index (χ2n) is 4.26. The Morgan fingerprint density at radius 3 is 2.81 bits per heavy atom. The largest absolute Gasteiger partial charge is 0.370 e. The number of hydrogen-bond acceptors (Lipinski definition) is 2. The molecular weight excluding hydrogens is 220 g/mol. The molecule has 16 heavy (non-hydrogen) atoms. The molecule has 1 saturated carbocycles. The fraction of sp³-hybridized carbons (Fsp3) is 0.462. The van der Waals surface area contributed by atoms with E-state index in [0.29, 0.717) is 10.6 Å². The first-order valence-corrected chi connectivity index (χ1v) is 6.07. The Kier molecular flexibility index (Phi) is 3.36. The zero-order chi connectivity index (χ0) is 11.5. The van der Waals surface area contributed by atoms with Gasteiger partial charge >= 0.3 is 0 Å². The second kappa shape index (κ2) is 4.76. The molecule has 0 aromatic heterocycles. The van der Waals surface area contributed by atoms with Crippen LogP contribution in [-0.2, 0) is 0 Å². The second-order valence-corrected chi connectivity index (χ2v) is 4.69. The van der Waals surface area contributed by atoms with Crippen LogP contribution in [0, 0.1) is 17.2 Å². The molecule has 0 bridgehead atoms. The van der Waals surface area contributed by atoms with Gasteiger partial charge in [-0.25, -0.2) is 0 Å². The van der Waals surface area contributed by atoms with Crippen molar-refractivity contribution < 1.29 is 0 Å². The van der Waals surface area contributed by atoms with Crippen molar-refractivity contribution in [2.45, 2.75) is 19.8 Å². The predicted octanol–water partition coefficient (Wildman–Crippen LogP) is 3.45. The maximum absolute atomic E-state index is 9.10. The summed E-state index contributed by atoms with van der Waals surface area (Å²) in [4.78, 5) is 2.27. The lowest BCUT2D eigenvalue weighted by molar-refractivity contribution is 0.741. The van der Waals surface area contributed by atoms with Gasteiger partial charge in [0.05, 0.1) is 11.3 Å². The first kappa shape index (κ1) is 11.3. The van der Waals surface area contributed by atoms with Gasteiger partial charge in [-0.05, 0) is 43.9 Å². The van der Waals surface area contributed by atoms with Crippen LogP contribution in [0.25, 0.3) is 0 Å². The summed E-state index contributed by atoms with van der Waals surface area (Å²) in [5.74, 6) is 0.821. The molecule has 0 saturated heterocycles. The molecule has 2 nitrogen and oxygen atoms in total. The molecule has 0 radical (unpaired) electrons. The minimum absolute atomic E-state index is 0.628. The van der Waals surface area contributed by atoms with Gasteiger partial charge in [-0.15, -0.1) is 0 Å². The lowest BCUT2D eigenvalue weighted by atomic mass is 10.1. The van der Waals surface area contributed by atoms with E-state index in [0.717, 1.165) is 24.7 Å². The van der Waals surface area contributed by atoms with Gasteiger partial charge in [0.2, 0.25) is 0 Å². The molecule has 0 amide bonds. The number of benzene rings is 1. The standard InChI is InChI=1S/C13H15ClN2/c1-2-16(9-10-3-4-10)13-6-5-12(14)7-11(13)8-15/h5-7,10H,2-4,9H2,1H3. The van der Waals surface area contributed by atoms with E-state index in [1.165, 1.54) is 12.8 Å². The zero-order valence-electron chi connectivity index (χ0n) is 9.41. The molecule has 1 fully saturated rings. The third-order valence-corrected chi connectivity index (χ3v) is 3.21. The Balaban J connectivity index is 2.25. The van der Waals surface area contributed by atoms with E-state index in [1.54, 1.807) is 6.07 Å². The van der Waals surface area contributed by atoms with E-state index in [9.17, 15) is 0 Å². The normalized spacial score (nSPS) is 14.6. The summed E-state index contributed by atoms with van der Waals surface area (Å²) >= 11 is 5.89. The molecule has 3 heteroatoms. The van der Waals surface area contributed by atoms with Crippen LogP contribution in [0.2, 0.25) is 5.02 Å². The van der Waals surface area contributed by atoms with Gasteiger partial charge in [0, 0.05) is 18.1 Å². The molecule has 84 valence electrons. The third-order valence-electron chi connectivity index (χ3n) is 2.98. The van der Waals surface area contributed by atoms with Crippen molar-refractivity contribution >= 4 is 17.3 Å². The Morgan fingerprint density at radius 2 is 2.25 bits per heavy atom. The Bertz CT molecular complexity index is 418. The quantitative estimate of drug-likeness (QED) is 0.798. The summed E-state index contributed by atoms with van der Waals surface area (Å²) in [6.45, 7) is 4.12. The molecule has 0 atom stereocenters. The zero-order valence-corrected chi connectivity index (χ0v) is 10.2. The Morgan fingerprint density at radius 1 is 1.50 bits per heavy atom. The van der Waals surface area contributed by atoms with E-state index < -0.39 is 0 Å². The van der Waals surface area contributed by atoms with Crippen molar-refractivity contribution in [3.8, 4) is 6.07 Å². The van der Waals surface area contributed by atoms with Crippen molar-refractivity contribution in [1.82, 2.24) is 0 Å². The maximum atomic E-state index is 9.10. The summed E-state index contributed by atoms with van der Waals surface area (Å²) in [6.07, 6.45) is 2.65. The number of rotatable bonds is 4. The molecule has 0 unspecified atom stereocenters. The fourth-order valence-electron chi connectivity index (χ4n) is 1.88.